The number of hydrogen-bond acceptors (Lipinski definition) is 3. The highest BCUT2D eigenvalue weighted by Crippen LogP contribution is 2.23. The van der Waals surface area contributed by atoms with Gasteiger partial charge in [0, 0.05) is 16.5 Å². The number of benzene rings is 1. The molecule has 0 saturated carbocycles. The lowest BCUT2D eigenvalue weighted by molar-refractivity contribution is -0.115. The van der Waals surface area contributed by atoms with E-state index in [1.807, 2.05) is 32.9 Å². The van der Waals surface area contributed by atoms with Crippen LogP contribution in [0, 0.1) is 0 Å². The van der Waals surface area contributed by atoms with Crippen LogP contribution >= 0.6 is 11.6 Å². The molecule has 0 radical (unpaired) electrons. The highest BCUT2D eigenvalue weighted by molar-refractivity contribution is 6.30. The molecule has 1 aromatic heterocycles. The Morgan fingerprint density at radius 1 is 1.30 bits per heavy atom. The van der Waals surface area contributed by atoms with Gasteiger partial charge in [0.05, 0.1) is 12.1 Å². The van der Waals surface area contributed by atoms with Crippen LogP contribution in [-0.4, -0.2) is 11.1 Å². The molecule has 0 bridgehead atoms. The van der Waals surface area contributed by atoms with E-state index in [0.717, 1.165) is 11.3 Å². The van der Waals surface area contributed by atoms with Crippen molar-refractivity contribution in [2.75, 3.05) is 5.32 Å². The van der Waals surface area contributed by atoms with Gasteiger partial charge in [0.2, 0.25) is 11.8 Å². The zero-order chi connectivity index (χ0) is 14.8. The fraction of sp³-hybridized carbons (Fsp3) is 0.333. The number of aromatic nitrogens is 1. The number of rotatable bonds is 3. The Labute approximate surface area is 123 Å². The van der Waals surface area contributed by atoms with Gasteiger partial charge in [-0.25, -0.2) is 0 Å². The Morgan fingerprint density at radius 3 is 2.50 bits per heavy atom. The van der Waals surface area contributed by atoms with Gasteiger partial charge in [-0.05, 0) is 17.7 Å². The van der Waals surface area contributed by atoms with Gasteiger partial charge in [0.1, 0.15) is 0 Å². The summed E-state index contributed by atoms with van der Waals surface area (Å²) in [6.45, 7) is 6.10. The Hall–Kier alpha value is -1.81. The lowest BCUT2D eigenvalue weighted by Crippen LogP contribution is -2.14. The van der Waals surface area contributed by atoms with Gasteiger partial charge in [-0.3, -0.25) is 10.1 Å². The number of nitrogens with one attached hydrogen (secondary N) is 1. The SMILES string of the molecule is CC(C)(C)c1cc(NC(=O)Cc2ccc(Cl)cc2)on1. The van der Waals surface area contributed by atoms with Crippen LogP contribution in [0.4, 0.5) is 5.88 Å². The first-order valence-electron chi connectivity index (χ1n) is 6.36. The minimum atomic E-state index is -0.149. The molecule has 1 N–H and O–H groups in total. The molecule has 1 amide bonds. The molecule has 2 rings (SSSR count). The van der Waals surface area contributed by atoms with Crippen LogP contribution in [0.5, 0.6) is 0 Å². The molecule has 1 aromatic carbocycles. The van der Waals surface area contributed by atoms with Crippen LogP contribution in [0.1, 0.15) is 32.0 Å². The van der Waals surface area contributed by atoms with Crippen LogP contribution in [0.25, 0.3) is 0 Å². The Bertz CT molecular complexity index is 597. The van der Waals surface area contributed by atoms with Crippen LogP contribution in [0.15, 0.2) is 34.9 Å². The van der Waals surface area contributed by atoms with E-state index in [4.69, 9.17) is 16.1 Å². The molecule has 1 heterocycles. The zero-order valence-corrected chi connectivity index (χ0v) is 12.5. The number of anilines is 1. The van der Waals surface area contributed by atoms with Crippen LogP contribution in [0.2, 0.25) is 5.02 Å². The lowest BCUT2D eigenvalue weighted by atomic mass is 9.92. The minimum absolute atomic E-state index is 0.108. The summed E-state index contributed by atoms with van der Waals surface area (Å²) in [5.74, 6) is 0.220. The summed E-state index contributed by atoms with van der Waals surface area (Å²) in [6, 6.07) is 8.91. The molecular formula is C15H17ClN2O2. The van der Waals surface area contributed by atoms with Crippen LogP contribution < -0.4 is 5.32 Å². The molecule has 0 unspecified atom stereocenters. The second-order valence-corrected chi connectivity index (χ2v) is 6.11. The third-order valence-electron chi connectivity index (χ3n) is 2.82. The van der Waals surface area contributed by atoms with Crippen molar-refractivity contribution in [3.8, 4) is 0 Å². The highest BCUT2D eigenvalue weighted by atomic mass is 35.5. The lowest BCUT2D eigenvalue weighted by Gasteiger charge is -2.12. The van der Waals surface area contributed by atoms with Crippen molar-refractivity contribution in [3.05, 3.63) is 46.6 Å². The van der Waals surface area contributed by atoms with Crippen molar-refractivity contribution in [3.63, 3.8) is 0 Å². The Balaban J connectivity index is 1.98. The van der Waals surface area contributed by atoms with E-state index in [0.29, 0.717) is 10.9 Å². The minimum Gasteiger partial charge on any atom is -0.338 e. The normalized spacial score (nSPS) is 11.4. The molecule has 0 saturated heterocycles. The smallest absolute Gasteiger partial charge is 0.231 e. The van der Waals surface area contributed by atoms with E-state index in [1.54, 1.807) is 18.2 Å². The molecule has 4 nitrogen and oxygen atoms in total. The van der Waals surface area contributed by atoms with Gasteiger partial charge in [-0.15, -0.1) is 0 Å². The van der Waals surface area contributed by atoms with Crippen molar-refractivity contribution < 1.29 is 9.32 Å². The summed E-state index contributed by atoms with van der Waals surface area (Å²) in [5, 5.41) is 7.30. The van der Waals surface area contributed by atoms with Crippen LogP contribution in [-0.2, 0) is 16.6 Å². The van der Waals surface area contributed by atoms with Gasteiger partial charge >= 0.3 is 0 Å². The molecule has 106 valence electrons. The number of halogens is 1. The van der Waals surface area contributed by atoms with Gasteiger partial charge in [-0.1, -0.05) is 49.7 Å². The van der Waals surface area contributed by atoms with E-state index in [-0.39, 0.29) is 17.7 Å². The number of carbonyl (C=O) groups excluding carboxylic acids is 1. The largest absolute Gasteiger partial charge is 0.338 e. The van der Waals surface area contributed by atoms with E-state index < -0.39 is 0 Å². The molecule has 0 aliphatic heterocycles. The number of amides is 1. The van der Waals surface area contributed by atoms with E-state index in [1.165, 1.54) is 0 Å². The first-order valence-corrected chi connectivity index (χ1v) is 6.74. The molecular weight excluding hydrogens is 276 g/mol. The quantitative estimate of drug-likeness (QED) is 0.936. The first-order chi connectivity index (χ1) is 9.34. The standard InChI is InChI=1S/C15H17ClN2O2/c1-15(2,3)12-9-14(20-18-12)17-13(19)8-10-4-6-11(16)7-5-10/h4-7,9H,8H2,1-3H3,(H,17,19). The van der Waals surface area contributed by atoms with E-state index >= 15 is 0 Å². The molecule has 0 aliphatic rings. The van der Waals surface area contributed by atoms with Crippen molar-refractivity contribution in [2.24, 2.45) is 0 Å². The maximum absolute atomic E-state index is 11.9. The van der Waals surface area contributed by atoms with E-state index in [2.05, 4.69) is 10.5 Å². The molecule has 5 heteroatoms. The molecule has 0 aliphatic carbocycles. The van der Waals surface area contributed by atoms with Gasteiger partial charge in [0.25, 0.3) is 0 Å². The summed E-state index contributed by atoms with van der Waals surface area (Å²) >= 11 is 5.80. The number of carbonyl (C=O) groups is 1. The summed E-state index contributed by atoms with van der Waals surface area (Å²) in [5.41, 5.74) is 1.59. The number of hydrogen-bond donors (Lipinski definition) is 1. The summed E-state index contributed by atoms with van der Waals surface area (Å²) < 4.78 is 5.12. The summed E-state index contributed by atoms with van der Waals surface area (Å²) in [7, 11) is 0. The van der Waals surface area contributed by atoms with Gasteiger partial charge < -0.3 is 4.52 Å². The van der Waals surface area contributed by atoms with Gasteiger partial charge in [-0.2, -0.15) is 0 Å². The zero-order valence-electron chi connectivity index (χ0n) is 11.7. The predicted molar refractivity (Wildman–Crippen MR) is 79.0 cm³/mol. The van der Waals surface area contributed by atoms with Crippen LogP contribution in [0.3, 0.4) is 0 Å². The Kier molecular flexibility index (Phi) is 4.14. The second kappa shape index (κ2) is 5.67. The number of nitrogens with zero attached hydrogens (tertiary/aromatic N) is 1. The topological polar surface area (TPSA) is 55.1 Å². The first kappa shape index (κ1) is 14.6. The third-order valence-corrected chi connectivity index (χ3v) is 3.07. The summed E-state index contributed by atoms with van der Waals surface area (Å²) in [6.07, 6.45) is 0.267. The third kappa shape index (κ3) is 3.84. The summed E-state index contributed by atoms with van der Waals surface area (Å²) in [4.78, 5) is 11.9. The second-order valence-electron chi connectivity index (χ2n) is 5.68. The molecule has 0 spiro atoms. The fourth-order valence-corrected chi connectivity index (χ4v) is 1.78. The molecule has 20 heavy (non-hydrogen) atoms. The van der Waals surface area contributed by atoms with Crippen molar-refractivity contribution >= 4 is 23.4 Å². The maximum atomic E-state index is 11.9. The van der Waals surface area contributed by atoms with Crippen molar-refractivity contribution in [1.82, 2.24) is 5.16 Å². The monoisotopic (exact) mass is 292 g/mol. The van der Waals surface area contributed by atoms with Crippen molar-refractivity contribution in [2.45, 2.75) is 32.6 Å². The predicted octanol–water partition coefficient (Wildman–Crippen LogP) is 3.81. The average molecular weight is 293 g/mol. The molecule has 2 aromatic rings. The molecule has 0 fully saturated rings. The fourth-order valence-electron chi connectivity index (χ4n) is 1.66. The highest BCUT2D eigenvalue weighted by Gasteiger charge is 2.19. The maximum Gasteiger partial charge on any atom is 0.231 e. The van der Waals surface area contributed by atoms with Crippen molar-refractivity contribution in [1.29, 1.82) is 0 Å². The molecule has 0 atom stereocenters. The average Bonchev–Trinajstić information content (AvgIpc) is 2.80. The van der Waals surface area contributed by atoms with E-state index in [9.17, 15) is 4.79 Å². The van der Waals surface area contributed by atoms with Gasteiger partial charge in [0.15, 0.2) is 0 Å². The Morgan fingerprint density at radius 2 is 1.95 bits per heavy atom.